The molecule has 3 nitrogen and oxygen atoms in total. The highest BCUT2D eigenvalue weighted by molar-refractivity contribution is 9.10. The molecule has 0 aliphatic rings. The van der Waals surface area contributed by atoms with Crippen LogP contribution in [0, 0.1) is 0 Å². The maximum atomic E-state index is 5.88. The van der Waals surface area contributed by atoms with E-state index >= 15 is 0 Å². The Morgan fingerprint density at radius 2 is 2.18 bits per heavy atom. The first-order valence-corrected chi connectivity index (χ1v) is 6.14. The van der Waals surface area contributed by atoms with Crippen molar-refractivity contribution in [1.29, 1.82) is 0 Å². The minimum absolute atomic E-state index is 0.363. The normalized spacial score (nSPS) is 10.3. The van der Waals surface area contributed by atoms with Gasteiger partial charge in [0.25, 0.3) is 0 Å². The summed E-state index contributed by atoms with van der Waals surface area (Å²) in [6.07, 6.45) is 1.67. The second kappa shape index (κ2) is 5.49. The van der Waals surface area contributed by atoms with Crippen molar-refractivity contribution in [3.63, 3.8) is 0 Å². The number of benzene rings is 1. The van der Waals surface area contributed by atoms with Crippen LogP contribution in [0.15, 0.2) is 41.0 Å². The molecule has 0 saturated heterocycles. The second-order valence-electron chi connectivity index (χ2n) is 3.38. The molecule has 0 fully saturated rings. The predicted molar refractivity (Wildman–Crippen MR) is 71.4 cm³/mol. The van der Waals surface area contributed by atoms with Crippen LogP contribution in [0.2, 0.25) is 5.02 Å². The molecule has 1 aromatic heterocycles. The first-order chi connectivity index (χ1) is 8.19. The number of hydrogen-bond donors (Lipinski definition) is 1. The van der Waals surface area contributed by atoms with E-state index in [0.717, 1.165) is 10.0 Å². The molecule has 5 heteroatoms. The van der Waals surface area contributed by atoms with E-state index in [0.29, 0.717) is 23.2 Å². The van der Waals surface area contributed by atoms with Crippen molar-refractivity contribution in [2.45, 2.75) is 6.54 Å². The average molecular weight is 314 g/mol. The van der Waals surface area contributed by atoms with Gasteiger partial charge in [-0.2, -0.15) is 0 Å². The molecule has 2 rings (SSSR count). The second-order valence-corrected chi connectivity index (χ2v) is 4.73. The molecule has 17 heavy (non-hydrogen) atoms. The largest absolute Gasteiger partial charge is 0.439 e. The van der Waals surface area contributed by atoms with Crippen LogP contribution in [0.5, 0.6) is 11.6 Å². The lowest BCUT2D eigenvalue weighted by atomic mass is 10.3. The summed E-state index contributed by atoms with van der Waals surface area (Å²) in [6.45, 7) is 0.363. The number of halogens is 2. The van der Waals surface area contributed by atoms with Gasteiger partial charge in [-0.3, -0.25) is 0 Å². The minimum atomic E-state index is 0.363. The maximum Gasteiger partial charge on any atom is 0.223 e. The number of pyridine rings is 1. The van der Waals surface area contributed by atoms with Gasteiger partial charge in [0.2, 0.25) is 5.88 Å². The molecule has 1 aromatic carbocycles. The van der Waals surface area contributed by atoms with Gasteiger partial charge >= 0.3 is 0 Å². The van der Waals surface area contributed by atoms with Gasteiger partial charge in [-0.05, 0) is 40.2 Å². The Labute approximate surface area is 113 Å². The minimum Gasteiger partial charge on any atom is -0.439 e. The van der Waals surface area contributed by atoms with E-state index in [9.17, 15) is 0 Å². The fourth-order valence-corrected chi connectivity index (χ4v) is 1.91. The van der Waals surface area contributed by atoms with Crippen molar-refractivity contribution in [3.05, 3.63) is 51.6 Å². The van der Waals surface area contributed by atoms with Crippen molar-refractivity contribution in [1.82, 2.24) is 4.98 Å². The van der Waals surface area contributed by atoms with Crippen LogP contribution in [-0.4, -0.2) is 4.98 Å². The van der Waals surface area contributed by atoms with Crippen LogP contribution in [0.4, 0.5) is 0 Å². The molecule has 0 aliphatic carbocycles. The highest BCUT2D eigenvalue weighted by atomic mass is 79.9. The summed E-state index contributed by atoms with van der Waals surface area (Å²) < 4.78 is 6.51. The Balaban J connectivity index is 2.29. The third-order valence-corrected chi connectivity index (χ3v) is 2.79. The van der Waals surface area contributed by atoms with Crippen molar-refractivity contribution in [2.75, 3.05) is 0 Å². The third-order valence-electron chi connectivity index (χ3n) is 2.12. The van der Waals surface area contributed by atoms with E-state index in [1.165, 1.54) is 0 Å². The molecule has 1 heterocycles. The van der Waals surface area contributed by atoms with E-state index in [1.807, 2.05) is 18.2 Å². The third kappa shape index (κ3) is 3.19. The Kier molecular flexibility index (Phi) is 3.99. The summed E-state index contributed by atoms with van der Waals surface area (Å²) in [6, 6.07) is 9.03. The van der Waals surface area contributed by atoms with Crippen LogP contribution < -0.4 is 10.5 Å². The van der Waals surface area contributed by atoms with Crippen molar-refractivity contribution < 1.29 is 4.74 Å². The van der Waals surface area contributed by atoms with E-state index in [1.54, 1.807) is 18.3 Å². The maximum absolute atomic E-state index is 5.88. The first-order valence-electron chi connectivity index (χ1n) is 4.97. The van der Waals surface area contributed by atoms with E-state index in [-0.39, 0.29) is 0 Å². The summed E-state index contributed by atoms with van der Waals surface area (Å²) >= 11 is 9.22. The molecular weight excluding hydrogens is 304 g/mol. The smallest absolute Gasteiger partial charge is 0.223 e. The monoisotopic (exact) mass is 312 g/mol. The van der Waals surface area contributed by atoms with Gasteiger partial charge in [-0.15, -0.1) is 0 Å². The summed E-state index contributed by atoms with van der Waals surface area (Å²) in [5.41, 5.74) is 6.47. The first kappa shape index (κ1) is 12.4. The fourth-order valence-electron chi connectivity index (χ4n) is 1.35. The topological polar surface area (TPSA) is 48.1 Å². The van der Waals surface area contributed by atoms with Crippen LogP contribution in [-0.2, 0) is 6.54 Å². The molecular formula is C12H10BrClN2O. The quantitative estimate of drug-likeness (QED) is 0.939. The Morgan fingerprint density at radius 3 is 2.88 bits per heavy atom. The number of nitrogens with two attached hydrogens (primary N) is 1. The highest BCUT2D eigenvalue weighted by Gasteiger charge is 2.06. The molecule has 0 unspecified atom stereocenters. The molecule has 2 aromatic rings. The summed E-state index contributed by atoms with van der Waals surface area (Å²) in [4.78, 5) is 4.18. The standard InChI is InChI=1S/C12H10BrClN2O/c13-9-4-8(6-15)12(16-7-9)17-11-3-1-2-10(14)5-11/h1-5,7H,6,15H2. The number of aromatic nitrogens is 1. The zero-order valence-electron chi connectivity index (χ0n) is 8.86. The highest BCUT2D eigenvalue weighted by Crippen LogP contribution is 2.26. The summed E-state index contributed by atoms with van der Waals surface area (Å²) in [5.74, 6) is 1.14. The van der Waals surface area contributed by atoms with Gasteiger partial charge < -0.3 is 10.5 Å². The number of nitrogens with zero attached hydrogens (tertiary/aromatic N) is 1. The van der Waals surface area contributed by atoms with Crippen molar-refractivity contribution in [3.8, 4) is 11.6 Å². The predicted octanol–water partition coefficient (Wildman–Crippen LogP) is 3.75. The van der Waals surface area contributed by atoms with Gasteiger partial charge in [-0.25, -0.2) is 4.98 Å². The molecule has 0 aliphatic heterocycles. The lowest BCUT2D eigenvalue weighted by molar-refractivity contribution is 0.456. The van der Waals surface area contributed by atoms with Crippen LogP contribution >= 0.6 is 27.5 Å². The molecule has 0 saturated carbocycles. The lowest BCUT2D eigenvalue weighted by Crippen LogP contribution is -2.01. The van der Waals surface area contributed by atoms with Gasteiger partial charge in [0.05, 0.1) is 0 Å². The average Bonchev–Trinajstić information content (AvgIpc) is 2.31. The molecule has 88 valence electrons. The zero-order valence-corrected chi connectivity index (χ0v) is 11.2. The Morgan fingerprint density at radius 1 is 1.35 bits per heavy atom. The van der Waals surface area contributed by atoms with E-state index in [2.05, 4.69) is 20.9 Å². The SMILES string of the molecule is NCc1cc(Br)cnc1Oc1cccc(Cl)c1. The van der Waals surface area contributed by atoms with Crippen LogP contribution in [0.25, 0.3) is 0 Å². The van der Waals surface area contributed by atoms with Gasteiger partial charge in [0, 0.05) is 27.8 Å². The Bertz CT molecular complexity index is 534. The van der Waals surface area contributed by atoms with Gasteiger partial charge in [0.1, 0.15) is 5.75 Å². The molecule has 2 N–H and O–H groups in total. The summed E-state index contributed by atoms with van der Waals surface area (Å²) in [7, 11) is 0. The number of hydrogen-bond acceptors (Lipinski definition) is 3. The lowest BCUT2D eigenvalue weighted by Gasteiger charge is -2.09. The Hall–Kier alpha value is -1.10. The van der Waals surface area contributed by atoms with E-state index in [4.69, 9.17) is 22.1 Å². The number of ether oxygens (including phenoxy) is 1. The fraction of sp³-hybridized carbons (Fsp3) is 0.0833. The van der Waals surface area contributed by atoms with Crippen molar-refractivity contribution >= 4 is 27.5 Å². The number of rotatable bonds is 3. The zero-order chi connectivity index (χ0) is 12.3. The molecule has 0 atom stereocenters. The summed E-state index contributed by atoms with van der Waals surface area (Å²) in [5, 5.41) is 0.619. The van der Waals surface area contributed by atoms with Crippen LogP contribution in [0.3, 0.4) is 0 Å². The van der Waals surface area contributed by atoms with Crippen molar-refractivity contribution in [2.24, 2.45) is 5.73 Å². The molecule has 0 radical (unpaired) electrons. The van der Waals surface area contributed by atoms with E-state index < -0.39 is 0 Å². The van der Waals surface area contributed by atoms with Gasteiger partial charge in [-0.1, -0.05) is 17.7 Å². The molecule has 0 bridgehead atoms. The van der Waals surface area contributed by atoms with Crippen LogP contribution in [0.1, 0.15) is 5.56 Å². The molecule has 0 amide bonds. The molecule has 0 spiro atoms. The van der Waals surface area contributed by atoms with Gasteiger partial charge in [0.15, 0.2) is 0 Å².